The molecule has 1 aromatic heterocycles. The van der Waals surface area contributed by atoms with E-state index >= 15 is 0 Å². The Bertz CT molecular complexity index is 562. The van der Waals surface area contributed by atoms with Crippen LogP contribution in [0.1, 0.15) is 43.8 Å². The number of rotatable bonds is 7. The average molecular weight is 334 g/mol. The molecule has 1 heterocycles. The van der Waals surface area contributed by atoms with E-state index in [1.807, 2.05) is 7.05 Å². The van der Waals surface area contributed by atoms with Gasteiger partial charge in [-0.3, -0.25) is 4.72 Å². The van der Waals surface area contributed by atoms with Gasteiger partial charge in [-0.1, -0.05) is 17.9 Å². The Hall–Kier alpha value is -1.29. The van der Waals surface area contributed by atoms with Crippen molar-refractivity contribution in [3.8, 4) is 11.8 Å². The molecule has 6 heteroatoms. The molecule has 126 valence electrons. The molecule has 0 unspecified atom stereocenters. The standard InChI is InChI=1S/C17H27N5S/c1-13(2)22-23-12-11-19-17-14-7-4-5-8-15(14)20-16(21-17)9-6-10-18-3/h13,18,22H,4-5,7-8,10-12H2,1-3H3,(H,19,20,21). The van der Waals surface area contributed by atoms with Crippen molar-refractivity contribution >= 4 is 17.8 Å². The monoisotopic (exact) mass is 333 g/mol. The van der Waals surface area contributed by atoms with Crippen molar-refractivity contribution in [3.05, 3.63) is 17.1 Å². The summed E-state index contributed by atoms with van der Waals surface area (Å²) in [6, 6.07) is 0.501. The van der Waals surface area contributed by atoms with Crippen molar-refractivity contribution in [1.82, 2.24) is 20.0 Å². The van der Waals surface area contributed by atoms with E-state index in [9.17, 15) is 0 Å². The van der Waals surface area contributed by atoms with E-state index in [1.54, 1.807) is 11.9 Å². The first-order chi connectivity index (χ1) is 11.2. The molecule has 3 N–H and O–H groups in total. The molecule has 2 rings (SSSR count). The van der Waals surface area contributed by atoms with E-state index < -0.39 is 0 Å². The molecule has 0 bridgehead atoms. The van der Waals surface area contributed by atoms with E-state index in [4.69, 9.17) is 0 Å². The highest BCUT2D eigenvalue weighted by atomic mass is 32.2. The molecule has 0 aliphatic heterocycles. The number of anilines is 1. The van der Waals surface area contributed by atoms with Gasteiger partial charge in [-0.2, -0.15) is 0 Å². The van der Waals surface area contributed by atoms with Gasteiger partial charge in [0.2, 0.25) is 5.82 Å². The van der Waals surface area contributed by atoms with Gasteiger partial charge in [0.25, 0.3) is 0 Å². The van der Waals surface area contributed by atoms with Gasteiger partial charge in [0.05, 0.1) is 12.2 Å². The summed E-state index contributed by atoms with van der Waals surface area (Å²) in [5.74, 6) is 8.72. The maximum Gasteiger partial charge on any atom is 0.207 e. The van der Waals surface area contributed by atoms with Crippen LogP contribution in [-0.2, 0) is 12.8 Å². The van der Waals surface area contributed by atoms with Gasteiger partial charge < -0.3 is 10.6 Å². The largest absolute Gasteiger partial charge is 0.369 e. The Balaban J connectivity index is 2.04. The number of hydrogen-bond acceptors (Lipinski definition) is 6. The Labute approximate surface area is 144 Å². The topological polar surface area (TPSA) is 61.9 Å². The summed E-state index contributed by atoms with van der Waals surface area (Å²) >= 11 is 1.75. The fraction of sp³-hybridized carbons (Fsp3) is 0.647. The maximum atomic E-state index is 4.64. The minimum Gasteiger partial charge on any atom is -0.369 e. The smallest absolute Gasteiger partial charge is 0.207 e. The maximum absolute atomic E-state index is 4.64. The summed E-state index contributed by atoms with van der Waals surface area (Å²) in [7, 11) is 1.89. The van der Waals surface area contributed by atoms with E-state index in [2.05, 4.69) is 51.0 Å². The van der Waals surface area contributed by atoms with Crippen LogP contribution in [0.3, 0.4) is 0 Å². The number of aromatic nitrogens is 2. The molecule has 1 aromatic rings. The fourth-order valence-corrected chi connectivity index (χ4v) is 3.11. The van der Waals surface area contributed by atoms with Gasteiger partial charge in [-0.05, 0) is 52.5 Å². The van der Waals surface area contributed by atoms with Gasteiger partial charge in [-0.15, -0.1) is 0 Å². The molecule has 0 fully saturated rings. The lowest BCUT2D eigenvalue weighted by Crippen LogP contribution is -2.19. The van der Waals surface area contributed by atoms with Crippen molar-refractivity contribution in [1.29, 1.82) is 0 Å². The van der Waals surface area contributed by atoms with Crippen LogP contribution in [0.25, 0.3) is 0 Å². The summed E-state index contributed by atoms with van der Waals surface area (Å²) in [4.78, 5) is 9.28. The van der Waals surface area contributed by atoms with Gasteiger partial charge in [0.1, 0.15) is 5.82 Å². The van der Waals surface area contributed by atoms with Gasteiger partial charge >= 0.3 is 0 Å². The minimum absolute atomic E-state index is 0.501. The molecule has 0 radical (unpaired) electrons. The van der Waals surface area contributed by atoms with E-state index in [1.165, 1.54) is 24.1 Å². The van der Waals surface area contributed by atoms with E-state index in [-0.39, 0.29) is 0 Å². The number of hydrogen-bond donors (Lipinski definition) is 3. The Morgan fingerprint density at radius 2 is 2.04 bits per heavy atom. The first-order valence-corrected chi connectivity index (χ1v) is 9.33. The quantitative estimate of drug-likeness (QED) is 0.403. The number of nitrogens with zero attached hydrogens (tertiary/aromatic N) is 2. The molecule has 0 saturated carbocycles. The van der Waals surface area contributed by atoms with Crippen LogP contribution in [0.5, 0.6) is 0 Å². The van der Waals surface area contributed by atoms with E-state index in [0.717, 1.165) is 31.0 Å². The molecule has 23 heavy (non-hydrogen) atoms. The molecule has 0 amide bonds. The third-order valence-electron chi connectivity index (χ3n) is 3.46. The van der Waals surface area contributed by atoms with Crippen molar-refractivity contribution in [2.45, 2.75) is 45.6 Å². The zero-order chi connectivity index (χ0) is 16.5. The van der Waals surface area contributed by atoms with Crippen LogP contribution in [0, 0.1) is 11.8 Å². The molecular formula is C17H27N5S. The van der Waals surface area contributed by atoms with Crippen LogP contribution in [-0.4, -0.2) is 41.9 Å². The average Bonchev–Trinajstić information content (AvgIpc) is 2.54. The van der Waals surface area contributed by atoms with Crippen LogP contribution in [0.2, 0.25) is 0 Å². The lowest BCUT2D eigenvalue weighted by molar-refractivity contribution is 0.662. The Morgan fingerprint density at radius 3 is 2.83 bits per heavy atom. The molecule has 0 aromatic carbocycles. The third-order valence-corrected chi connectivity index (χ3v) is 4.51. The second kappa shape index (κ2) is 9.76. The number of fused-ring (bicyclic) bond motifs is 1. The van der Waals surface area contributed by atoms with Crippen molar-refractivity contribution in [3.63, 3.8) is 0 Å². The van der Waals surface area contributed by atoms with Crippen molar-refractivity contribution < 1.29 is 0 Å². The summed E-state index contributed by atoms with van der Waals surface area (Å²) in [6.07, 6.45) is 4.54. The summed E-state index contributed by atoms with van der Waals surface area (Å²) in [6.45, 7) is 5.84. The SMILES string of the molecule is CNCC#Cc1nc2c(c(NCCSNC(C)C)n1)CCCC2. The molecule has 0 spiro atoms. The minimum atomic E-state index is 0.501. The highest BCUT2D eigenvalue weighted by Gasteiger charge is 2.17. The second-order valence-electron chi connectivity index (χ2n) is 5.91. The lowest BCUT2D eigenvalue weighted by Gasteiger charge is -2.19. The summed E-state index contributed by atoms with van der Waals surface area (Å²) in [5, 5.41) is 6.50. The number of aryl methyl sites for hydroxylation is 1. The predicted molar refractivity (Wildman–Crippen MR) is 98.7 cm³/mol. The van der Waals surface area contributed by atoms with Crippen LogP contribution in [0.4, 0.5) is 5.82 Å². The van der Waals surface area contributed by atoms with Crippen LogP contribution < -0.4 is 15.4 Å². The predicted octanol–water partition coefficient (Wildman–Crippen LogP) is 1.98. The first kappa shape index (κ1) is 18.1. The lowest BCUT2D eigenvalue weighted by atomic mass is 9.96. The molecular weight excluding hydrogens is 306 g/mol. The van der Waals surface area contributed by atoms with Crippen molar-refractivity contribution in [2.75, 3.05) is 31.2 Å². The highest BCUT2D eigenvalue weighted by Crippen LogP contribution is 2.25. The van der Waals surface area contributed by atoms with Crippen LogP contribution >= 0.6 is 11.9 Å². The van der Waals surface area contributed by atoms with E-state index in [0.29, 0.717) is 18.4 Å². The van der Waals surface area contributed by atoms with Gasteiger partial charge in [-0.25, -0.2) is 9.97 Å². The van der Waals surface area contributed by atoms with Crippen LogP contribution in [0.15, 0.2) is 0 Å². The van der Waals surface area contributed by atoms with Gasteiger partial charge in [0.15, 0.2) is 0 Å². The Morgan fingerprint density at radius 1 is 1.22 bits per heavy atom. The van der Waals surface area contributed by atoms with Crippen molar-refractivity contribution in [2.24, 2.45) is 0 Å². The molecule has 5 nitrogen and oxygen atoms in total. The first-order valence-electron chi connectivity index (χ1n) is 8.35. The molecule has 0 saturated heterocycles. The zero-order valence-corrected chi connectivity index (χ0v) is 15.1. The zero-order valence-electron chi connectivity index (χ0n) is 14.3. The third kappa shape index (κ3) is 6.02. The number of nitrogens with one attached hydrogen (secondary N) is 3. The van der Waals surface area contributed by atoms with Gasteiger partial charge in [0, 0.05) is 23.9 Å². The molecule has 1 aliphatic rings. The summed E-state index contributed by atoms with van der Waals surface area (Å²) in [5.41, 5.74) is 2.47. The molecule has 0 atom stereocenters. The summed E-state index contributed by atoms with van der Waals surface area (Å²) < 4.78 is 3.35. The molecule has 1 aliphatic carbocycles. The fourth-order valence-electron chi connectivity index (χ4n) is 2.45. The Kier molecular flexibility index (Phi) is 7.66. The second-order valence-corrected chi connectivity index (χ2v) is 6.84. The highest BCUT2D eigenvalue weighted by molar-refractivity contribution is 7.97. The normalized spacial score (nSPS) is 13.4.